The Hall–Kier alpha value is -2.05. The van der Waals surface area contributed by atoms with Gasteiger partial charge in [-0.25, -0.2) is 4.98 Å². The molecule has 1 N–H and O–H groups in total. The minimum atomic E-state index is -0.812. The summed E-state index contributed by atoms with van der Waals surface area (Å²) in [6.45, 7) is 1.95. The predicted octanol–water partition coefficient (Wildman–Crippen LogP) is 3.87. The fraction of sp³-hybridized carbons (Fsp3) is 0.133. The molecule has 3 heterocycles. The van der Waals surface area contributed by atoms with E-state index in [1.165, 1.54) is 11.3 Å². The summed E-state index contributed by atoms with van der Waals surface area (Å²) in [7, 11) is 0. The number of pyridine rings is 1. The number of aryl methyl sites for hydroxylation is 1. The van der Waals surface area contributed by atoms with Gasteiger partial charge in [-0.15, -0.1) is 22.7 Å². The molecular weight excluding hydrogens is 304 g/mol. The molecule has 3 rings (SSSR count). The molecule has 6 heteroatoms. The van der Waals surface area contributed by atoms with Crippen molar-refractivity contribution < 1.29 is 9.90 Å². The Bertz CT molecular complexity index is 775. The van der Waals surface area contributed by atoms with Crippen molar-refractivity contribution in [3.05, 3.63) is 46.4 Å². The number of hydrogen-bond donors (Lipinski definition) is 1. The molecule has 0 unspecified atom stereocenters. The molecule has 3 aromatic heterocycles. The van der Waals surface area contributed by atoms with E-state index in [4.69, 9.17) is 5.11 Å². The lowest BCUT2D eigenvalue weighted by atomic mass is 10.2. The maximum Gasteiger partial charge on any atom is 0.308 e. The third-order valence-corrected chi connectivity index (χ3v) is 4.90. The van der Waals surface area contributed by atoms with E-state index in [9.17, 15) is 4.79 Å². The smallest absolute Gasteiger partial charge is 0.308 e. The van der Waals surface area contributed by atoms with Gasteiger partial charge in [0.1, 0.15) is 5.01 Å². The number of thiophene rings is 1. The van der Waals surface area contributed by atoms with Gasteiger partial charge in [0, 0.05) is 27.7 Å². The molecule has 0 amide bonds. The van der Waals surface area contributed by atoms with E-state index >= 15 is 0 Å². The van der Waals surface area contributed by atoms with Gasteiger partial charge < -0.3 is 5.11 Å². The van der Waals surface area contributed by atoms with Gasteiger partial charge in [-0.2, -0.15) is 0 Å². The second kappa shape index (κ2) is 5.75. The first-order valence-electron chi connectivity index (χ1n) is 6.31. The Labute approximate surface area is 129 Å². The zero-order chi connectivity index (χ0) is 14.8. The maximum absolute atomic E-state index is 10.7. The van der Waals surface area contributed by atoms with Crippen LogP contribution in [0.2, 0.25) is 0 Å². The lowest BCUT2D eigenvalue weighted by Crippen LogP contribution is -1.96. The molecule has 0 radical (unpaired) electrons. The standard InChI is InChI=1S/C15H12N2O2S2/c1-9-2-3-10(7-16-9)15-17-12(8-20-15)13-5-4-11(21-13)6-14(18)19/h2-5,7-8H,6H2,1H3,(H,18,19). The van der Waals surface area contributed by atoms with Crippen molar-refractivity contribution in [2.75, 3.05) is 0 Å². The van der Waals surface area contributed by atoms with Gasteiger partial charge >= 0.3 is 5.97 Å². The van der Waals surface area contributed by atoms with E-state index in [1.807, 2.05) is 42.8 Å². The van der Waals surface area contributed by atoms with E-state index in [1.54, 1.807) is 11.3 Å². The summed E-state index contributed by atoms with van der Waals surface area (Å²) in [6.07, 6.45) is 1.88. The van der Waals surface area contributed by atoms with Crippen LogP contribution in [0.4, 0.5) is 0 Å². The van der Waals surface area contributed by atoms with E-state index in [-0.39, 0.29) is 6.42 Å². The predicted molar refractivity (Wildman–Crippen MR) is 84.7 cm³/mol. The summed E-state index contributed by atoms with van der Waals surface area (Å²) < 4.78 is 0. The number of carbonyl (C=O) groups is 1. The summed E-state index contributed by atoms with van der Waals surface area (Å²) in [5.41, 5.74) is 2.86. The van der Waals surface area contributed by atoms with Gasteiger partial charge in [0.25, 0.3) is 0 Å². The summed E-state index contributed by atoms with van der Waals surface area (Å²) in [6, 6.07) is 7.75. The topological polar surface area (TPSA) is 63.1 Å². The number of rotatable bonds is 4. The second-order valence-corrected chi connectivity index (χ2v) is 6.59. The average molecular weight is 316 g/mol. The number of carboxylic acid groups (broad SMARTS) is 1. The number of thiazole rings is 1. The molecule has 4 nitrogen and oxygen atoms in total. The fourth-order valence-electron chi connectivity index (χ4n) is 1.87. The minimum absolute atomic E-state index is 0.0591. The van der Waals surface area contributed by atoms with Crippen LogP contribution in [0.25, 0.3) is 21.1 Å². The number of aromatic nitrogens is 2. The van der Waals surface area contributed by atoms with Crippen molar-refractivity contribution in [2.45, 2.75) is 13.3 Å². The molecular formula is C15H12N2O2S2. The van der Waals surface area contributed by atoms with Gasteiger partial charge in [-0.05, 0) is 31.2 Å². The van der Waals surface area contributed by atoms with Gasteiger partial charge in [-0.1, -0.05) is 0 Å². The zero-order valence-corrected chi connectivity index (χ0v) is 12.9. The SMILES string of the molecule is Cc1ccc(-c2nc(-c3ccc(CC(=O)O)s3)cs2)cn1. The molecule has 0 atom stereocenters. The minimum Gasteiger partial charge on any atom is -0.481 e. The van der Waals surface area contributed by atoms with Gasteiger partial charge in [0.2, 0.25) is 0 Å². The first kappa shape index (κ1) is 13.9. The Morgan fingerprint density at radius 2 is 2.14 bits per heavy atom. The van der Waals surface area contributed by atoms with Crippen molar-refractivity contribution in [1.82, 2.24) is 9.97 Å². The number of aliphatic carboxylic acids is 1. The molecule has 0 aliphatic carbocycles. The molecule has 0 saturated carbocycles. The van der Waals surface area contributed by atoms with Gasteiger partial charge in [0.05, 0.1) is 17.0 Å². The summed E-state index contributed by atoms with van der Waals surface area (Å²) in [5.74, 6) is -0.812. The van der Waals surface area contributed by atoms with Crippen LogP contribution in [0, 0.1) is 6.92 Å². The highest BCUT2D eigenvalue weighted by Crippen LogP contribution is 2.32. The Morgan fingerprint density at radius 1 is 1.29 bits per heavy atom. The highest BCUT2D eigenvalue weighted by atomic mass is 32.1. The number of nitrogens with zero attached hydrogens (tertiary/aromatic N) is 2. The third kappa shape index (κ3) is 3.17. The molecule has 0 saturated heterocycles. The van der Waals surface area contributed by atoms with Crippen LogP contribution in [-0.2, 0) is 11.2 Å². The lowest BCUT2D eigenvalue weighted by Gasteiger charge is -1.96. The van der Waals surface area contributed by atoms with E-state index in [2.05, 4.69) is 9.97 Å². The maximum atomic E-state index is 10.7. The molecule has 3 aromatic rings. The van der Waals surface area contributed by atoms with E-state index in [0.717, 1.165) is 31.7 Å². The lowest BCUT2D eigenvalue weighted by molar-refractivity contribution is -0.136. The molecule has 0 aromatic carbocycles. The van der Waals surface area contributed by atoms with Crippen molar-refractivity contribution in [3.63, 3.8) is 0 Å². The normalized spacial score (nSPS) is 10.7. The zero-order valence-electron chi connectivity index (χ0n) is 11.2. The van der Waals surface area contributed by atoms with Crippen LogP contribution >= 0.6 is 22.7 Å². The number of hydrogen-bond acceptors (Lipinski definition) is 5. The summed E-state index contributed by atoms with van der Waals surface area (Å²) in [5, 5.41) is 11.7. The average Bonchev–Trinajstić information content (AvgIpc) is 3.07. The van der Waals surface area contributed by atoms with Crippen LogP contribution in [0.15, 0.2) is 35.8 Å². The van der Waals surface area contributed by atoms with Crippen LogP contribution in [0.3, 0.4) is 0 Å². The molecule has 0 aliphatic rings. The highest BCUT2D eigenvalue weighted by Gasteiger charge is 2.10. The van der Waals surface area contributed by atoms with Gasteiger partial charge in [0.15, 0.2) is 0 Å². The Morgan fingerprint density at radius 3 is 2.86 bits per heavy atom. The summed E-state index contributed by atoms with van der Waals surface area (Å²) in [4.78, 5) is 21.4. The van der Waals surface area contributed by atoms with Crippen molar-refractivity contribution in [1.29, 1.82) is 0 Å². The van der Waals surface area contributed by atoms with Crippen molar-refractivity contribution in [3.8, 4) is 21.1 Å². The molecule has 0 fully saturated rings. The molecule has 21 heavy (non-hydrogen) atoms. The molecule has 0 spiro atoms. The van der Waals surface area contributed by atoms with Crippen molar-refractivity contribution >= 4 is 28.6 Å². The van der Waals surface area contributed by atoms with Gasteiger partial charge in [-0.3, -0.25) is 9.78 Å². The first-order valence-corrected chi connectivity index (χ1v) is 8.01. The fourth-order valence-corrected chi connectivity index (χ4v) is 3.72. The van der Waals surface area contributed by atoms with Crippen LogP contribution in [0.5, 0.6) is 0 Å². The Kier molecular flexibility index (Phi) is 3.81. The molecule has 106 valence electrons. The van der Waals surface area contributed by atoms with Crippen molar-refractivity contribution in [2.24, 2.45) is 0 Å². The molecule has 0 bridgehead atoms. The van der Waals surface area contributed by atoms with E-state index < -0.39 is 5.97 Å². The van der Waals surface area contributed by atoms with E-state index in [0.29, 0.717) is 0 Å². The molecule has 0 aliphatic heterocycles. The monoisotopic (exact) mass is 316 g/mol. The van der Waals surface area contributed by atoms with Crippen LogP contribution in [-0.4, -0.2) is 21.0 Å². The van der Waals surface area contributed by atoms with Crippen LogP contribution in [0.1, 0.15) is 10.6 Å². The third-order valence-electron chi connectivity index (χ3n) is 2.90. The second-order valence-electron chi connectivity index (χ2n) is 4.56. The number of carboxylic acids is 1. The largest absolute Gasteiger partial charge is 0.481 e. The first-order chi connectivity index (χ1) is 10.1. The quantitative estimate of drug-likeness (QED) is 0.793. The Balaban J connectivity index is 1.86. The highest BCUT2D eigenvalue weighted by molar-refractivity contribution is 7.16. The summed E-state index contributed by atoms with van der Waals surface area (Å²) >= 11 is 3.04. The van der Waals surface area contributed by atoms with Crippen LogP contribution < -0.4 is 0 Å².